The fraction of sp³-hybridized carbons (Fsp3) is 0.650. The van der Waals surface area contributed by atoms with E-state index in [2.05, 4.69) is 5.32 Å². The summed E-state index contributed by atoms with van der Waals surface area (Å²) in [5.41, 5.74) is 7.08. The Morgan fingerprint density at radius 2 is 1.81 bits per heavy atom. The Kier molecular flexibility index (Phi) is 6.43. The Hall–Kier alpha value is -1.30. The number of nitrogens with two attached hydrogens (primary N) is 1. The van der Waals surface area contributed by atoms with E-state index in [4.69, 9.17) is 15.2 Å². The van der Waals surface area contributed by atoms with Crippen molar-refractivity contribution in [3.8, 4) is 5.75 Å². The topological polar surface area (TPSA) is 73.6 Å². The molecular formula is C20H29ClN2O3. The number of benzene rings is 1. The Morgan fingerprint density at radius 1 is 1.12 bits per heavy atom. The molecule has 2 saturated carbocycles. The van der Waals surface area contributed by atoms with Gasteiger partial charge in [-0.05, 0) is 74.1 Å². The third-order valence-electron chi connectivity index (χ3n) is 6.23. The van der Waals surface area contributed by atoms with Crippen molar-refractivity contribution in [3.63, 3.8) is 0 Å². The van der Waals surface area contributed by atoms with Gasteiger partial charge in [0.05, 0.1) is 12.5 Å². The summed E-state index contributed by atoms with van der Waals surface area (Å²) >= 11 is 0. The number of nitrogens with one attached hydrogen (secondary N) is 1. The summed E-state index contributed by atoms with van der Waals surface area (Å²) in [7, 11) is 0. The molecule has 0 aromatic heterocycles. The number of amides is 1. The normalized spacial score (nSPS) is 30.7. The number of carbonyl (C=O) groups is 1. The van der Waals surface area contributed by atoms with Crippen LogP contribution in [0.2, 0.25) is 0 Å². The highest BCUT2D eigenvalue weighted by Crippen LogP contribution is 2.47. The number of hydrogen-bond acceptors (Lipinski definition) is 4. The molecule has 0 spiro atoms. The lowest BCUT2D eigenvalue weighted by Crippen LogP contribution is -2.42. The van der Waals surface area contributed by atoms with Crippen molar-refractivity contribution < 1.29 is 14.3 Å². The van der Waals surface area contributed by atoms with Crippen LogP contribution in [0.3, 0.4) is 0 Å². The molecule has 4 rings (SSSR count). The maximum Gasteiger partial charge on any atom is 0.229 e. The third kappa shape index (κ3) is 4.16. The fourth-order valence-corrected chi connectivity index (χ4v) is 4.71. The predicted molar refractivity (Wildman–Crippen MR) is 104 cm³/mol. The minimum absolute atomic E-state index is 0. The van der Waals surface area contributed by atoms with Crippen LogP contribution in [-0.2, 0) is 9.53 Å². The molecule has 1 aromatic rings. The van der Waals surface area contributed by atoms with Crippen LogP contribution in [0.25, 0.3) is 0 Å². The monoisotopic (exact) mass is 380 g/mol. The summed E-state index contributed by atoms with van der Waals surface area (Å²) in [4.78, 5) is 12.6. The van der Waals surface area contributed by atoms with Gasteiger partial charge in [-0.15, -0.1) is 12.4 Å². The molecule has 1 aromatic carbocycles. The van der Waals surface area contributed by atoms with Crippen LogP contribution < -0.4 is 15.8 Å². The first-order chi connectivity index (χ1) is 12.2. The lowest BCUT2D eigenvalue weighted by atomic mass is 9.84. The van der Waals surface area contributed by atoms with Crippen molar-refractivity contribution in [1.82, 2.24) is 0 Å². The SMILES string of the molecule is Cl.NC1C2CCC(C2)C1C(=O)Nc1ccc(OCC2CCOCC2)cc1. The number of fused-ring (bicyclic) bond motifs is 2. The summed E-state index contributed by atoms with van der Waals surface area (Å²) < 4.78 is 11.2. The molecular weight excluding hydrogens is 352 g/mol. The molecule has 26 heavy (non-hydrogen) atoms. The molecule has 6 heteroatoms. The Morgan fingerprint density at radius 3 is 2.46 bits per heavy atom. The van der Waals surface area contributed by atoms with Crippen molar-refractivity contribution in [2.45, 2.75) is 38.1 Å². The number of carbonyl (C=O) groups excluding carboxylic acids is 1. The van der Waals surface area contributed by atoms with Crippen molar-refractivity contribution >= 4 is 24.0 Å². The number of anilines is 1. The minimum Gasteiger partial charge on any atom is -0.493 e. The number of hydrogen-bond donors (Lipinski definition) is 2. The number of rotatable bonds is 5. The Balaban J connectivity index is 0.00000196. The zero-order chi connectivity index (χ0) is 17.2. The van der Waals surface area contributed by atoms with Crippen molar-refractivity contribution in [2.75, 3.05) is 25.1 Å². The largest absolute Gasteiger partial charge is 0.493 e. The summed E-state index contributed by atoms with van der Waals surface area (Å²) in [5.74, 6) is 2.50. The highest BCUT2D eigenvalue weighted by atomic mass is 35.5. The van der Waals surface area contributed by atoms with Gasteiger partial charge >= 0.3 is 0 Å². The van der Waals surface area contributed by atoms with Crippen molar-refractivity contribution in [3.05, 3.63) is 24.3 Å². The smallest absolute Gasteiger partial charge is 0.229 e. The third-order valence-corrected chi connectivity index (χ3v) is 6.23. The number of halogens is 1. The standard InChI is InChI=1S/C20H28N2O3.ClH/c21-19-15-2-1-14(11-15)18(19)20(23)22-16-3-5-17(6-4-16)25-12-13-7-9-24-10-8-13;/h3-6,13-15,18-19H,1-2,7-12,21H2,(H,22,23);1H. The van der Waals surface area contributed by atoms with E-state index >= 15 is 0 Å². The first kappa shape index (κ1) is 19.5. The highest BCUT2D eigenvalue weighted by molar-refractivity contribution is 5.93. The quantitative estimate of drug-likeness (QED) is 0.822. The summed E-state index contributed by atoms with van der Waals surface area (Å²) in [5, 5.41) is 3.04. The van der Waals surface area contributed by atoms with E-state index in [0.29, 0.717) is 17.8 Å². The molecule has 1 aliphatic heterocycles. The van der Waals surface area contributed by atoms with E-state index in [1.807, 2.05) is 24.3 Å². The molecule has 3 fully saturated rings. The van der Waals surface area contributed by atoms with Gasteiger partial charge in [-0.1, -0.05) is 0 Å². The van der Waals surface area contributed by atoms with Crippen LogP contribution in [0.1, 0.15) is 32.1 Å². The van der Waals surface area contributed by atoms with E-state index in [1.54, 1.807) is 0 Å². The average molecular weight is 381 g/mol. The molecule has 1 heterocycles. The van der Waals surface area contributed by atoms with E-state index in [-0.39, 0.29) is 30.3 Å². The maximum atomic E-state index is 12.6. The van der Waals surface area contributed by atoms with Crippen LogP contribution in [-0.4, -0.2) is 31.8 Å². The van der Waals surface area contributed by atoms with Gasteiger partial charge in [0, 0.05) is 24.9 Å². The molecule has 1 saturated heterocycles. The molecule has 4 atom stereocenters. The molecule has 2 aliphatic carbocycles. The molecule has 144 valence electrons. The second-order valence-electron chi connectivity index (χ2n) is 7.82. The van der Waals surface area contributed by atoms with Gasteiger partial charge in [-0.2, -0.15) is 0 Å². The zero-order valence-electron chi connectivity index (χ0n) is 15.1. The van der Waals surface area contributed by atoms with Crippen LogP contribution >= 0.6 is 12.4 Å². The van der Waals surface area contributed by atoms with E-state index in [9.17, 15) is 4.79 Å². The molecule has 3 N–H and O–H groups in total. The Bertz CT molecular complexity index is 602. The lowest BCUT2D eigenvalue weighted by molar-refractivity contribution is -0.121. The molecule has 1 amide bonds. The molecule has 2 bridgehead atoms. The van der Waals surface area contributed by atoms with Crippen LogP contribution in [0, 0.1) is 23.7 Å². The Labute approximate surface area is 161 Å². The first-order valence-electron chi connectivity index (χ1n) is 9.58. The second-order valence-corrected chi connectivity index (χ2v) is 7.82. The van der Waals surface area contributed by atoms with Crippen molar-refractivity contribution in [2.24, 2.45) is 29.4 Å². The van der Waals surface area contributed by atoms with Gasteiger partial charge in [0.25, 0.3) is 0 Å². The molecule has 5 nitrogen and oxygen atoms in total. The van der Waals surface area contributed by atoms with Gasteiger partial charge in [-0.3, -0.25) is 4.79 Å². The summed E-state index contributed by atoms with van der Waals surface area (Å²) in [6, 6.07) is 7.71. The lowest BCUT2D eigenvalue weighted by Gasteiger charge is -2.27. The summed E-state index contributed by atoms with van der Waals surface area (Å²) in [6.07, 6.45) is 5.60. The molecule has 4 unspecified atom stereocenters. The van der Waals surface area contributed by atoms with Gasteiger partial charge in [0.1, 0.15) is 5.75 Å². The van der Waals surface area contributed by atoms with Crippen LogP contribution in [0.15, 0.2) is 24.3 Å². The minimum atomic E-state index is -0.0248. The van der Waals surface area contributed by atoms with Gasteiger partial charge in [0.2, 0.25) is 5.91 Å². The fourth-order valence-electron chi connectivity index (χ4n) is 4.71. The zero-order valence-corrected chi connectivity index (χ0v) is 15.9. The van der Waals surface area contributed by atoms with Crippen LogP contribution in [0.5, 0.6) is 5.75 Å². The highest BCUT2D eigenvalue weighted by Gasteiger charge is 2.49. The maximum absolute atomic E-state index is 12.6. The average Bonchev–Trinajstić information content (AvgIpc) is 3.23. The van der Waals surface area contributed by atoms with E-state index in [1.165, 1.54) is 6.42 Å². The van der Waals surface area contributed by atoms with Gasteiger partial charge in [-0.25, -0.2) is 0 Å². The van der Waals surface area contributed by atoms with Gasteiger partial charge in [0.15, 0.2) is 0 Å². The van der Waals surface area contributed by atoms with Gasteiger partial charge < -0.3 is 20.5 Å². The molecule has 0 radical (unpaired) electrons. The first-order valence-corrected chi connectivity index (χ1v) is 9.58. The number of ether oxygens (including phenoxy) is 2. The summed E-state index contributed by atoms with van der Waals surface area (Å²) in [6.45, 7) is 2.41. The van der Waals surface area contributed by atoms with Crippen LogP contribution in [0.4, 0.5) is 5.69 Å². The van der Waals surface area contributed by atoms with E-state index < -0.39 is 0 Å². The molecule has 3 aliphatic rings. The van der Waals surface area contributed by atoms with E-state index in [0.717, 1.165) is 56.9 Å². The second kappa shape index (κ2) is 8.59. The predicted octanol–water partition coefficient (Wildman–Crippen LogP) is 3.23. The van der Waals surface area contributed by atoms with Crippen molar-refractivity contribution in [1.29, 1.82) is 0 Å².